The predicted molar refractivity (Wildman–Crippen MR) is 41.7 cm³/mol. The van der Waals surface area contributed by atoms with Crippen LogP contribution in [0.1, 0.15) is 0 Å². The zero-order valence-corrected chi connectivity index (χ0v) is 9.13. The molecule has 0 aliphatic heterocycles. The maximum atomic E-state index is 4.18. The van der Waals surface area contributed by atoms with Crippen LogP contribution in [-0.2, 0) is 0 Å². The fourth-order valence-electron chi connectivity index (χ4n) is 1.02. The second-order valence-corrected chi connectivity index (χ2v) is 2.20. The van der Waals surface area contributed by atoms with E-state index in [0.29, 0.717) is 0 Å². The number of nitrogens with zero attached hydrogens (tertiary/aromatic N) is 1. The molecule has 0 fully saturated rings. The third-order valence-corrected chi connectivity index (χ3v) is 1.51. The monoisotopic (exact) mass is 269 g/mol. The van der Waals surface area contributed by atoms with Crippen molar-refractivity contribution < 1.29 is 41.7 Å². The summed E-state index contributed by atoms with van der Waals surface area (Å²) in [7, 11) is 0. The van der Waals surface area contributed by atoms with Crippen LogP contribution >= 0.6 is 0 Å². The van der Waals surface area contributed by atoms with E-state index in [1.165, 1.54) is 5.39 Å². The van der Waals surface area contributed by atoms with Crippen LogP contribution in [0.3, 0.4) is 0 Å². The first-order valence-electron chi connectivity index (χ1n) is 3.26. The van der Waals surface area contributed by atoms with E-state index in [4.69, 9.17) is 0 Å². The summed E-state index contributed by atoms with van der Waals surface area (Å²) in [4.78, 5) is 4.18. The van der Waals surface area contributed by atoms with Crippen molar-refractivity contribution in [3.63, 3.8) is 0 Å². The molecular formula is C9H7CeN. The summed E-state index contributed by atoms with van der Waals surface area (Å²) >= 11 is 0. The largest absolute Gasteiger partial charge is 0.256 e. The van der Waals surface area contributed by atoms with E-state index in [9.17, 15) is 0 Å². The number of pyridine rings is 1. The number of para-hydroxylation sites is 1. The standard InChI is InChI=1S/C9H7N.Ce/c1-2-6-9-8(4-1)5-3-7-10-9;/h1-7H;. The van der Waals surface area contributed by atoms with Gasteiger partial charge in [-0.05, 0) is 12.1 Å². The number of hydrogen-bond donors (Lipinski definition) is 0. The average Bonchev–Trinajstić information content (AvgIpc) is 2.05. The van der Waals surface area contributed by atoms with Gasteiger partial charge >= 0.3 is 0 Å². The first-order chi connectivity index (χ1) is 4.97. The smallest absolute Gasteiger partial charge is 0.0701 e. The van der Waals surface area contributed by atoms with Crippen molar-refractivity contribution in [1.82, 2.24) is 4.98 Å². The van der Waals surface area contributed by atoms with Crippen molar-refractivity contribution in [1.29, 1.82) is 0 Å². The van der Waals surface area contributed by atoms with E-state index in [-0.39, 0.29) is 41.7 Å². The quantitative estimate of drug-likeness (QED) is 0.714. The summed E-state index contributed by atoms with van der Waals surface area (Å²) in [6, 6.07) is 12.1. The Kier molecular flexibility index (Phi) is 3.42. The first-order valence-corrected chi connectivity index (χ1v) is 3.26. The second kappa shape index (κ2) is 4.14. The van der Waals surface area contributed by atoms with Crippen LogP contribution in [0.25, 0.3) is 10.9 Å². The van der Waals surface area contributed by atoms with Gasteiger partial charge < -0.3 is 0 Å². The van der Waals surface area contributed by atoms with Gasteiger partial charge in [0.25, 0.3) is 0 Å². The number of aromatic nitrogens is 1. The minimum absolute atomic E-state index is 0. The molecule has 0 unspecified atom stereocenters. The van der Waals surface area contributed by atoms with E-state index in [2.05, 4.69) is 17.1 Å². The summed E-state index contributed by atoms with van der Waals surface area (Å²) in [5, 5.41) is 1.20. The van der Waals surface area contributed by atoms with Crippen LogP contribution < -0.4 is 0 Å². The Morgan fingerprint density at radius 3 is 2.45 bits per heavy atom. The van der Waals surface area contributed by atoms with Gasteiger partial charge in [0.1, 0.15) is 0 Å². The van der Waals surface area contributed by atoms with Gasteiger partial charge in [0, 0.05) is 53.3 Å². The fraction of sp³-hybridized carbons (Fsp3) is 0. The molecular weight excluding hydrogens is 262 g/mol. The van der Waals surface area contributed by atoms with Crippen LogP contribution in [0.5, 0.6) is 0 Å². The molecule has 1 nitrogen and oxygen atoms in total. The molecule has 0 radical (unpaired) electrons. The van der Waals surface area contributed by atoms with Crippen LogP contribution in [0.2, 0.25) is 0 Å². The average molecular weight is 269 g/mol. The predicted octanol–water partition coefficient (Wildman–Crippen LogP) is 2.23. The molecule has 0 spiro atoms. The molecule has 0 saturated carbocycles. The molecule has 0 bridgehead atoms. The van der Waals surface area contributed by atoms with Gasteiger partial charge in [-0.3, -0.25) is 4.98 Å². The number of rotatable bonds is 0. The topological polar surface area (TPSA) is 12.9 Å². The summed E-state index contributed by atoms with van der Waals surface area (Å²) in [5.74, 6) is 0. The van der Waals surface area contributed by atoms with Crippen molar-refractivity contribution >= 4 is 10.9 Å². The van der Waals surface area contributed by atoms with Crippen LogP contribution in [0.4, 0.5) is 0 Å². The van der Waals surface area contributed by atoms with Gasteiger partial charge in [-0.2, -0.15) is 0 Å². The number of benzene rings is 1. The molecule has 11 heavy (non-hydrogen) atoms. The van der Waals surface area contributed by atoms with Crippen molar-refractivity contribution in [2.75, 3.05) is 0 Å². The third kappa shape index (κ3) is 1.98. The van der Waals surface area contributed by atoms with Gasteiger partial charge in [0.05, 0.1) is 5.52 Å². The summed E-state index contributed by atoms with van der Waals surface area (Å²) in [5.41, 5.74) is 1.06. The normalized spacial score (nSPS) is 9.09. The molecule has 2 heteroatoms. The molecule has 2 aromatic rings. The molecule has 0 N–H and O–H groups in total. The van der Waals surface area contributed by atoms with Crippen molar-refractivity contribution in [2.24, 2.45) is 0 Å². The molecule has 1 aromatic heterocycles. The van der Waals surface area contributed by atoms with E-state index in [1.54, 1.807) is 0 Å². The Morgan fingerprint density at radius 1 is 0.909 bits per heavy atom. The molecule has 1 aromatic carbocycles. The molecule has 0 aliphatic carbocycles. The maximum Gasteiger partial charge on any atom is 0.0701 e. The number of hydrogen-bond acceptors (Lipinski definition) is 1. The molecule has 52 valence electrons. The van der Waals surface area contributed by atoms with E-state index in [1.807, 2.05) is 30.5 Å². The Bertz CT molecular complexity index is 281. The van der Waals surface area contributed by atoms with Gasteiger partial charge in [0.15, 0.2) is 0 Å². The van der Waals surface area contributed by atoms with Crippen LogP contribution in [0.15, 0.2) is 42.6 Å². The summed E-state index contributed by atoms with van der Waals surface area (Å²) in [6.07, 6.45) is 1.81. The fourth-order valence-corrected chi connectivity index (χ4v) is 1.02. The van der Waals surface area contributed by atoms with Crippen LogP contribution in [-0.4, -0.2) is 4.98 Å². The Hall–Kier alpha value is 0.00662. The summed E-state index contributed by atoms with van der Waals surface area (Å²) < 4.78 is 0. The summed E-state index contributed by atoms with van der Waals surface area (Å²) in [6.45, 7) is 0. The van der Waals surface area contributed by atoms with Gasteiger partial charge in [-0.25, -0.2) is 0 Å². The molecule has 0 atom stereocenters. The van der Waals surface area contributed by atoms with Gasteiger partial charge in [0.2, 0.25) is 0 Å². The molecule has 0 amide bonds. The van der Waals surface area contributed by atoms with E-state index >= 15 is 0 Å². The van der Waals surface area contributed by atoms with Crippen LogP contribution in [0, 0.1) is 41.7 Å². The van der Waals surface area contributed by atoms with Crippen molar-refractivity contribution in [3.05, 3.63) is 42.6 Å². The zero-order valence-electron chi connectivity index (χ0n) is 5.99. The molecule has 0 aliphatic rings. The first kappa shape index (κ1) is 9.10. The molecule has 0 saturated heterocycles. The third-order valence-electron chi connectivity index (χ3n) is 1.51. The molecule has 1 heterocycles. The van der Waals surface area contributed by atoms with Crippen molar-refractivity contribution in [2.45, 2.75) is 0 Å². The SMILES string of the molecule is [Ce].c1ccc2ncccc2c1. The Balaban J connectivity index is 0.000000605. The van der Waals surface area contributed by atoms with Gasteiger partial charge in [-0.1, -0.05) is 24.3 Å². The van der Waals surface area contributed by atoms with E-state index < -0.39 is 0 Å². The number of fused-ring (bicyclic) bond motifs is 1. The second-order valence-electron chi connectivity index (χ2n) is 2.20. The Labute approximate surface area is 99.2 Å². The van der Waals surface area contributed by atoms with Gasteiger partial charge in [-0.15, -0.1) is 0 Å². The molecule has 2 rings (SSSR count). The zero-order chi connectivity index (χ0) is 6.81. The van der Waals surface area contributed by atoms with Crippen molar-refractivity contribution in [3.8, 4) is 0 Å². The van der Waals surface area contributed by atoms with E-state index in [0.717, 1.165) is 5.52 Å². The Morgan fingerprint density at radius 2 is 1.64 bits per heavy atom. The minimum atomic E-state index is 0. The maximum absolute atomic E-state index is 4.18. The minimum Gasteiger partial charge on any atom is -0.256 e.